The molecule has 94 valence electrons. The smallest absolute Gasteiger partial charge is 0.0617 e. The monoisotopic (exact) mass is 241 g/mol. The van der Waals surface area contributed by atoms with Crippen molar-refractivity contribution in [2.45, 2.75) is 20.4 Å². The minimum Gasteiger partial charge on any atom is -0.399 e. The van der Waals surface area contributed by atoms with Gasteiger partial charge >= 0.3 is 0 Å². The molecule has 2 aromatic rings. The van der Waals surface area contributed by atoms with Crippen molar-refractivity contribution in [1.29, 1.82) is 0 Å². The Hall–Kier alpha value is -2.03. The standard InChI is InChI=1S/C15H19N3/c1-11-6-12(2)8-15(7-11)18(3)10-14-9-13(16)4-5-17-14/h4-9H,10H2,1-3H3,(H2,16,17). The average molecular weight is 241 g/mol. The van der Waals surface area contributed by atoms with Crippen LogP contribution in [0.3, 0.4) is 0 Å². The number of rotatable bonds is 3. The lowest BCUT2D eigenvalue weighted by molar-refractivity contribution is 0.884. The molecule has 3 nitrogen and oxygen atoms in total. The van der Waals surface area contributed by atoms with Crippen LogP contribution in [-0.4, -0.2) is 12.0 Å². The van der Waals surface area contributed by atoms with Crippen LogP contribution >= 0.6 is 0 Å². The first-order valence-electron chi connectivity index (χ1n) is 6.04. The summed E-state index contributed by atoms with van der Waals surface area (Å²) in [4.78, 5) is 6.51. The maximum absolute atomic E-state index is 5.76. The van der Waals surface area contributed by atoms with Crippen molar-refractivity contribution < 1.29 is 0 Å². The fraction of sp³-hybridized carbons (Fsp3) is 0.267. The van der Waals surface area contributed by atoms with E-state index >= 15 is 0 Å². The second kappa shape index (κ2) is 5.08. The first kappa shape index (κ1) is 12.4. The van der Waals surface area contributed by atoms with Crippen LogP contribution in [0.1, 0.15) is 16.8 Å². The lowest BCUT2D eigenvalue weighted by atomic mass is 10.1. The van der Waals surface area contributed by atoms with E-state index < -0.39 is 0 Å². The van der Waals surface area contributed by atoms with Gasteiger partial charge in [-0.05, 0) is 49.2 Å². The van der Waals surface area contributed by atoms with Gasteiger partial charge in [0.05, 0.1) is 12.2 Å². The first-order valence-corrected chi connectivity index (χ1v) is 6.04. The van der Waals surface area contributed by atoms with Gasteiger partial charge < -0.3 is 10.6 Å². The molecular weight excluding hydrogens is 222 g/mol. The quantitative estimate of drug-likeness (QED) is 0.898. The predicted molar refractivity (Wildman–Crippen MR) is 76.7 cm³/mol. The summed E-state index contributed by atoms with van der Waals surface area (Å²) in [7, 11) is 2.07. The Morgan fingerprint density at radius 3 is 2.39 bits per heavy atom. The van der Waals surface area contributed by atoms with Crippen LogP contribution in [0.25, 0.3) is 0 Å². The van der Waals surface area contributed by atoms with Gasteiger partial charge in [-0.2, -0.15) is 0 Å². The van der Waals surface area contributed by atoms with E-state index in [0.29, 0.717) is 0 Å². The molecule has 2 rings (SSSR count). The summed E-state index contributed by atoms with van der Waals surface area (Å²) in [5.74, 6) is 0. The van der Waals surface area contributed by atoms with Crippen molar-refractivity contribution in [1.82, 2.24) is 4.98 Å². The number of benzene rings is 1. The summed E-state index contributed by atoms with van der Waals surface area (Å²) in [6.07, 6.45) is 1.75. The van der Waals surface area contributed by atoms with E-state index in [2.05, 4.69) is 49.0 Å². The number of nitrogen functional groups attached to an aromatic ring is 1. The van der Waals surface area contributed by atoms with Gasteiger partial charge in [0, 0.05) is 24.6 Å². The molecule has 2 N–H and O–H groups in total. The summed E-state index contributed by atoms with van der Waals surface area (Å²) in [5, 5.41) is 0. The number of aromatic nitrogens is 1. The second-order valence-corrected chi connectivity index (χ2v) is 4.78. The summed E-state index contributed by atoms with van der Waals surface area (Å²) in [6, 6.07) is 10.3. The molecule has 0 amide bonds. The fourth-order valence-corrected chi connectivity index (χ4v) is 2.09. The number of pyridine rings is 1. The molecule has 18 heavy (non-hydrogen) atoms. The minimum atomic E-state index is 0.758. The van der Waals surface area contributed by atoms with Gasteiger partial charge in [0.25, 0.3) is 0 Å². The Labute approximate surface area is 108 Å². The van der Waals surface area contributed by atoms with Gasteiger partial charge in [0.1, 0.15) is 0 Å². The van der Waals surface area contributed by atoms with Crippen molar-refractivity contribution in [2.75, 3.05) is 17.7 Å². The highest BCUT2D eigenvalue weighted by Crippen LogP contribution is 2.19. The normalized spacial score (nSPS) is 10.4. The van der Waals surface area contributed by atoms with E-state index in [4.69, 9.17) is 5.73 Å². The molecular formula is C15H19N3. The number of aryl methyl sites for hydroxylation is 2. The average Bonchev–Trinajstić information content (AvgIpc) is 2.27. The van der Waals surface area contributed by atoms with Gasteiger partial charge in [-0.25, -0.2) is 0 Å². The van der Waals surface area contributed by atoms with E-state index in [1.165, 1.54) is 16.8 Å². The Bertz CT molecular complexity index is 529. The van der Waals surface area contributed by atoms with Crippen LogP contribution in [0.15, 0.2) is 36.5 Å². The molecule has 0 bridgehead atoms. The fourth-order valence-electron chi connectivity index (χ4n) is 2.09. The Balaban J connectivity index is 2.19. The molecule has 0 unspecified atom stereocenters. The van der Waals surface area contributed by atoms with Crippen LogP contribution in [0.4, 0.5) is 11.4 Å². The van der Waals surface area contributed by atoms with E-state index in [1.54, 1.807) is 12.3 Å². The zero-order chi connectivity index (χ0) is 13.1. The zero-order valence-corrected chi connectivity index (χ0v) is 11.1. The lowest BCUT2D eigenvalue weighted by Gasteiger charge is -2.20. The molecule has 1 heterocycles. The van der Waals surface area contributed by atoms with Gasteiger partial charge in [-0.1, -0.05) is 6.07 Å². The van der Waals surface area contributed by atoms with Gasteiger partial charge in [0.2, 0.25) is 0 Å². The number of anilines is 2. The van der Waals surface area contributed by atoms with Crippen molar-refractivity contribution >= 4 is 11.4 Å². The Morgan fingerprint density at radius 2 is 1.78 bits per heavy atom. The SMILES string of the molecule is Cc1cc(C)cc(N(C)Cc2cc(N)ccn2)c1. The van der Waals surface area contributed by atoms with Crippen LogP contribution < -0.4 is 10.6 Å². The van der Waals surface area contributed by atoms with Crippen molar-refractivity contribution in [2.24, 2.45) is 0 Å². The molecule has 0 atom stereocenters. The maximum atomic E-state index is 5.76. The molecule has 0 saturated heterocycles. The first-order chi connectivity index (χ1) is 8.54. The number of hydrogen-bond acceptors (Lipinski definition) is 3. The van der Waals surface area contributed by atoms with Gasteiger partial charge in [-0.15, -0.1) is 0 Å². The minimum absolute atomic E-state index is 0.758. The molecule has 1 aromatic carbocycles. The molecule has 3 heteroatoms. The molecule has 0 fully saturated rings. The lowest BCUT2D eigenvalue weighted by Crippen LogP contribution is -2.17. The second-order valence-electron chi connectivity index (χ2n) is 4.78. The van der Waals surface area contributed by atoms with Gasteiger partial charge in [-0.3, -0.25) is 4.98 Å². The van der Waals surface area contributed by atoms with E-state index in [1.807, 2.05) is 6.07 Å². The Morgan fingerprint density at radius 1 is 1.11 bits per heavy atom. The largest absolute Gasteiger partial charge is 0.399 e. The van der Waals surface area contributed by atoms with Crippen molar-refractivity contribution in [3.05, 3.63) is 53.3 Å². The van der Waals surface area contributed by atoms with E-state index in [-0.39, 0.29) is 0 Å². The third-order valence-corrected chi connectivity index (χ3v) is 2.89. The highest BCUT2D eigenvalue weighted by atomic mass is 15.1. The third kappa shape index (κ3) is 3.00. The van der Waals surface area contributed by atoms with Crippen molar-refractivity contribution in [3.8, 4) is 0 Å². The predicted octanol–water partition coefficient (Wildman–Crippen LogP) is 2.92. The third-order valence-electron chi connectivity index (χ3n) is 2.89. The molecule has 0 spiro atoms. The van der Waals surface area contributed by atoms with E-state index in [0.717, 1.165) is 17.9 Å². The van der Waals surface area contributed by atoms with Crippen LogP contribution in [0.2, 0.25) is 0 Å². The molecule has 0 aliphatic carbocycles. The summed E-state index contributed by atoms with van der Waals surface area (Å²) < 4.78 is 0. The molecule has 0 radical (unpaired) electrons. The van der Waals surface area contributed by atoms with Crippen molar-refractivity contribution in [3.63, 3.8) is 0 Å². The van der Waals surface area contributed by atoms with E-state index in [9.17, 15) is 0 Å². The highest BCUT2D eigenvalue weighted by molar-refractivity contribution is 5.51. The molecule has 0 aliphatic rings. The number of nitrogens with two attached hydrogens (primary N) is 1. The number of hydrogen-bond donors (Lipinski definition) is 1. The van der Waals surface area contributed by atoms with Crippen LogP contribution in [0.5, 0.6) is 0 Å². The highest BCUT2D eigenvalue weighted by Gasteiger charge is 2.04. The Kier molecular flexibility index (Phi) is 3.51. The molecule has 1 aromatic heterocycles. The topological polar surface area (TPSA) is 42.1 Å². The number of nitrogens with zero attached hydrogens (tertiary/aromatic N) is 2. The zero-order valence-electron chi connectivity index (χ0n) is 11.1. The molecule has 0 aliphatic heterocycles. The van der Waals surface area contributed by atoms with Crippen LogP contribution in [0, 0.1) is 13.8 Å². The molecule has 0 saturated carbocycles. The summed E-state index contributed by atoms with van der Waals surface area (Å²) in [5.41, 5.74) is 11.3. The van der Waals surface area contributed by atoms with Crippen LogP contribution in [-0.2, 0) is 6.54 Å². The maximum Gasteiger partial charge on any atom is 0.0617 e. The summed E-state index contributed by atoms with van der Waals surface area (Å²) >= 11 is 0. The summed E-state index contributed by atoms with van der Waals surface area (Å²) in [6.45, 7) is 4.99. The van der Waals surface area contributed by atoms with Gasteiger partial charge in [0.15, 0.2) is 0 Å².